The Morgan fingerprint density at radius 2 is 1.86 bits per heavy atom. The SMILES string of the molecule is CC(C)/C(=N/C(=O)OCCN1CCCCC1)c1ccccc1. The highest BCUT2D eigenvalue weighted by molar-refractivity contribution is 6.06. The van der Waals surface area contributed by atoms with Crippen LogP contribution in [0, 0.1) is 5.92 Å². The molecule has 1 aliphatic rings. The van der Waals surface area contributed by atoms with Crippen molar-refractivity contribution < 1.29 is 9.53 Å². The van der Waals surface area contributed by atoms with Crippen LogP contribution in [0.3, 0.4) is 0 Å². The molecule has 0 aliphatic carbocycles. The number of rotatable bonds is 5. The summed E-state index contributed by atoms with van der Waals surface area (Å²) >= 11 is 0. The maximum absolute atomic E-state index is 11.9. The van der Waals surface area contributed by atoms with Gasteiger partial charge in [-0.25, -0.2) is 4.79 Å². The summed E-state index contributed by atoms with van der Waals surface area (Å²) in [5.41, 5.74) is 1.76. The zero-order chi connectivity index (χ0) is 15.8. The zero-order valence-corrected chi connectivity index (χ0v) is 13.6. The molecule has 1 amide bonds. The van der Waals surface area contributed by atoms with Crippen LogP contribution in [0.5, 0.6) is 0 Å². The lowest BCUT2D eigenvalue weighted by Crippen LogP contribution is -2.33. The Balaban J connectivity index is 1.87. The molecule has 0 unspecified atom stereocenters. The number of hydrogen-bond donors (Lipinski definition) is 0. The fourth-order valence-corrected chi connectivity index (χ4v) is 2.71. The molecule has 0 bridgehead atoms. The Morgan fingerprint density at radius 3 is 2.50 bits per heavy atom. The summed E-state index contributed by atoms with van der Waals surface area (Å²) in [6.45, 7) is 7.52. The monoisotopic (exact) mass is 302 g/mol. The summed E-state index contributed by atoms with van der Waals surface area (Å²) < 4.78 is 5.28. The van der Waals surface area contributed by atoms with E-state index in [0.717, 1.165) is 30.9 Å². The summed E-state index contributed by atoms with van der Waals surface area (Å²) in [6, 6.07) is 9.81. The smallest absolute Gasteiger partial charge is 0.433 e. The molecule has 0 aromatic heterocycles. The number of carbonyl (C=O) groups is 1. The molecule has 1 aromatic rings. The Labute approximate surface area is 133 Å². The number of aliphatic imine (C=N–C) groups is 1. The van der Waals surface area contributed by atoms with Gasteiger partial charge in [0, 0.05) is 6.54 Å². The lowest BCUT2D eigenvalue weighted by molar-refractivity contribution is 0.128. The third-order valence-corrected chi connectivity index (χ3v) is 3.91. The molecule has 4 heteroatoms. The predicted octanol–water partition coefficient (Wildman–Crippen LogP) is 3.75. The number of amides is 1. The Hall–Kier alpha value is -1.68. The van der Waals surface area contributed by atoms with Crippen molar-refractivity contribution in [2.45, 2.75) is 33.1 Å². The number of nitrogens with zero attached hydrogens (tertiary/aromatic N) is 2. The van der Waals surface area contributed by atoms with Crippen LogP contribution in [0.4, 0.5) is 4.79 Å². The van der Waals surface area contributed by atoms with Crippen molar-refractivity contribution in [1.82, 2.24) is 4.90 Å². The fraction of sp³-hybridized carbons (Fsp3) is 0.556. The Kier molecular flexibility index (Phi) is 6.59. The van der Waals surface area contributed by atoms with Crippen molar-refractivity contribution >= 4 is 11.8 Å². The molecule has 1 saturated heterocycles. The number of ether oxygens (including phenoxy) is 1. The first-order valence-corrected chi connectivity index (χ1v) is 8.20. The van der Waals surface area contributed by atoms with Gasteiger partial charge in [-0.05, 0) is 37.4 Å². The van der Waals surface area contributed by atoms with Crippen molar-refractivity contribution in [2.24, 2.45) is 10.9 Å². The van der Waals surface area contributed by atoms with Crippen molar-refractivity contribution in [1.29, 1.82) is 0 Å². The van der Waals surface area contributed by atoms with E-state index in [-0.39, 0.29) is 5.92 Å². The minimum absolute atomic E-state index is 0.178. The van der Waals surface area contributed by atoms with Gasteiger partial charge in [-0.3, -0.25) is 4.90 Å². The normalized spacial score (nSPS) is 16.8. The molecular weight excluding hydrogens is 276 g/mol. The minimum atomic E-state index is -0.482. The van der Waals surface area contributed by atoms with E-state index in [1.165, 1.54) is 19.3 Å². The molecule has 22 heavy (non-hydrogen) atoms. The van der Waals surface area contributed by atoms with Crippen molar-refractivity contribution in [2.75, 3.05) is 26.2 Å². The van der Waals surface area contributed by atoms with Gasteiger partial charge in [0.2, 0.25) is 0 Å². The zero-order valence-electron chi connectivity index (χ0n) is 13.6. The molecule has 1 aliphatic heterocycles. The molecule has 0 N–H and O–H groups in total. The van der Waals surface area contributed by atoms with Crippen molar-refractivity contribution in [3.05, 3.63) is 35.9 Å². The molecule has 1 aromatic carbocycles. The van der Waals surface area contributed by atoms with Gasteiger partial charge >= 0.3 is 6.09 Å². The van der Waals surface area contributed by atoms with E-state index in [2.05, 4.69) is 9.89 Å². The molecule has 0 spiro atoms. The van der Waals surface area contributed by atoms with Gasteiger partial charge in [0.1, 0.15) is 6.61 Å². The number of likely N-dealkylation sites (tertiary alicyclic amines) is 1. The fourth-order valence-electron chi connectivity index (χ4n) is 2.71. The van der Waals surface area contributed by atoms with Gasteiger partial charge in [0.15, 0.2) is 0 Å². The van der Waals surface area contributed by atoms with Gasteiger partial charge < -0.3 is 4.74 Å². The number of benzene rings is 1. The average Bonchev–Trinajstić information content (AvgIpc) is 2.54. The van der Waals surface area contributed by atoms with Gasteiger partial charge in [0.25, 0.3) is 0 Å². The van der Waals surface area contributed by atoms with Crippen LogP contribution in [0.15, 0.2) is 35.3 Å². The second-order valence-corrected chi connectivity index (χ2v) is 6.03. The van der Waals surface area contributed by atoms with E-state index in [9.17, 15) is 4.79 Å². The van der Waals surface area contributed by atoms with Crippen molar-refractivity contribution in [3.63, 3.8) is 0 Å². The van der Waals surface area contributed by atoms with Crippen LogP contribution in [0.1, 0.15) is 38.7 Å². The average molecular weight is 302 g/mol. The third kappa shape index (κ3) is 5.26. The van der Waals surface area contributed by atoms with E-state index in [4.69, 9.17) is 4.74 Å². The molecule has 120 valence electrons. The maximum Gasteiger partial charge on any atom is 0.433 e. The molecule has 0 radical (unpaired) electrons. The largest absolute Gasteiger partial charge is 0.447 e. The lowest BCUT2D eigenvalue weighted by Gasteiger charge is -2.25. The first-order valence-electron chi connectivity index (χ1n) is 8.20. The van der Waals surface area contributed by atoms with E-state index >= 15 is 0 Å². The van der Waals surface area contributed by atoms with E-state index in [0.29, 0.717) is 6.61 Å². The van der Waals surface area contributed by atoms with Crippen LogP contribution in [-0.4, -0.2) is 42.9 Å². The number of carbonyl (C=O) groups excluding carboxylic acids is 1. The molecular formula is C18H26N2O2. The summed E-state index contributed by atoms with van der Waals surface area (Å²) in [4.78, 5) is 18.5. The predicted molar refractivity (Wildman–Crippen MR) is 89.5 cm³/mol. The van der Waals surface area contributed by atoms with Crippen LogP contribution in [0.25, 0.3) is 0 Å². The van der Waals surface area contributed by atoms with E-state index in [1.54, 1.807) is 0 Å². The van der Waals surface area contributed by atoms with E-state index < -0.39 is 6.09 Å². The summed E-state index contributed by atoms with van der Waals surface area (Å²) in [7, 11) is 0. The molecule has 2 rings (SSSR count). The van der Waals surface area contributed by atoms with Gasteiger partial charge in [-0.1, -0.05) is 50.6 Å². The minimum Gasteiger partial charge on any atom is -0.447 e. The van der Waals surface area contributed by atoms with Crippen molar-refractivity contribution in [3.8, 4) is 0 Å². The first-order chi connectivity index (χ1) is 10.7. The number of hydrogen-bond acceptors (Lipinski definition) is 3. The van der Waals surface area contributed by atoms with E-state index in [1.807, 2.05) is 44.2 Å². The van der Waals surface area contributed by atoms with Crippen LogP contribution in [-0.2, 0) is 4.74 Å². The Morgan fingerprint density at radius 1 is 1.18 bits per heavy atom. The van der Waals surface area contributed by atoms with Crippen LogP contribution in [0.2, 0.25) is 0 Å². The summed E-state index contributed by atoms with van der Waals surface area (Å²) in [5.74, 6) is 0.178. The Bertz CT molecular complexity index is 491. The highest BCUT2D eigenvalue weighted by atomic mass is 16.5. The van der Waals surface area contributed by atoms with Crippen LogP contribution < -0.4 is 0 Å². The molecule has 1 fully saturated rings. The quantitative estimate of drug-likeness (QED) is 0.778. The summed E-state index contributed by atoms with van der Waals surface area (Å²) in [5, 5.41) is 0. The topological polar surface area (TPSA) is 41.9 Å². The number of piperidine rings is 1. The first kappa shape index (κ1) is 16.7. The molecule has 0 atom stereocenters. The third-order valence-electron chi connectivity index (χ3n) is 3.91. The highest BCUT2D eigenvalue weighted by Crippen LogP contribution is 2.11. The van der Waals surface area contributed by atoms with Gasteiger partial charge in [-0.2, -0.15) is 4.99 Å². The van der Waals surface area contributed by atoms with Gasteiger partial charge in [-0.15, -0.1) is 0 Å². The van der Waals surface area contributed by atoms with Gasteiger partial charge in [0.05, 0.1) is 5.71 Å². The molecule has 0 saturated carbocycles. The summed E-state index contributed by atoms with van der Waals surface area (Å²) in [6.07, 6.45) is 3.33. The highest BCUT2D eigenvalue weighted by Gasteiger charge is 2.13. The van der Waals surface area contributed by atoms with Crippen LogP contribution >= 0.6 is 0 Å². The standard InChI is InChI=1S/C18H26N2O2/c1-15(2)17(16-9-5-3-6-10-16)19-18(21)22-14-13-20-11-7-4-8-12-20/h3,5-6,9-10,15H,4,7-8,11-14H2,1-2H3/b19-17-. The molecule has 1 heterocycles. The maximum atomic E-state index is 11.9. The lowest BCUT2D eigenvalue weighted by atomic mass is 10.0. The molecule has 4 nitrogen and oxygen atoms in total. The second kappa shape index (κ2) is 8.69. The second-order valence-electron chi connectivity index (χ2n) is 6.03.